The molecule has 1 aromatic carbocycles. The van der Waals surface area contributed by atoms with Gasteiger partial charge in [-0.2, -0.15) is 0 Å². The molecule has 1 aromatic rings. The van der Waals surface area contributed by atoms with E-state index in [0.717, 1.165) is 13.2 Å². The molecule has 1 unspecified atom stereocenters. The first-order chi connectivity index (χ1) is 11.5. The van der Waals surface area contributed by atoms with Crippen LogP contribution in [0, 0.1) is 0 Å². The second-order valence-electron chi connectivity index (χ2n) is 7.14. The SMILES string of the molecule is CCCCCCCC(C(C)=NCc1ccccc1)N(C)CN(C)C. The number of hydrogen-bond donors (Lipinski definition) is 0. The van der Waals surface area contributed by atoms with Gasteiger partial charge >= 0.3 is 0 Å². The highest BCUT2D eigenvalue weighted by Crippen LogP contribution is 2.14. The Morgan fingerprint density at radius 1 is 1.00 bits per heavy atom. The minimum atomic E-state index is 0.442. The molecule has 3 heteroatoms. The zero-order valence-corrected chi connectivity index (χ0v) is 16.5. The summed E-state index contributed by atoms with van der Waals surface area (Å²) in [6.07, 6.45) is 7.87. The molecule has 0 N–H and O–H groups in total. The number of hydrogen-bond acceptors (Lipinski definition) is 3. The Balaban J connectivity index is 2.63. The smallest absolute Gasteiger partial charge is 0.0639 e. The number of unbranched alkanes of at least 4 members (excludes halogenated alkanes) is 4. The first-order valence-electron chi connectivity index (χ1n) is 9.44. The molecule has 136 valence electrons. The van der Waals surface area contributed by atoms with Crippen LogP contribution in [0.25, 0.3) is 0 Å². The minimum Gasteiger partial charge on any atom is -0.297 e. The van der Waals surface area contributed by atoms with E-state index in [9.17, 15) is 0 Å². The Kier molecular flexibility index (Phi) is 10.6. The molecule has 0 spiro atoms. The molecular formula is C21H37N3. The highest BCUT2D eigenvalue weighted by Gasteiger charge is 2.18. The van der Waals surface area contributed by atoms with Crippen LogP contribution in [-0.2, 0) is 6.54 Å². The molecule has 0 aliphatic rings. The van der Waals surface area contributed by atoms with Crippen LogP contribution in [0.1, 0.15) is 57.9 Å². The summed E-state index contributed by atoms with van der Waals surface area (Å²) in [6, 6.07) is 11.0. The van der Waals surface area contributed by atoms with Gasteiger partial charge in [0.15, 0.2) is 0 Å². The maximum Gasteiger partial charge on any atom is 0.0639 e. The fourth-order valence-electron chi connectivity index (χ4n) is 3.14. The maximum absolute atomic E-state index is 4.89. The zero-order chi connectivity index (χ0) is 17.8. The van der Waals surface area contributed by atoms with Gasteiger partial charge in [0.05, 0.1) is 13.2 Å². The van der Waals surface area contributed by atoms with Crippen molar-refractivity contribution in [2.75, 3.05) is 27.8 Å². The largest absolute Gasteiger partial charge is 0.297 e. The van der Waals surface area contributed by atoms with Crippen LogP contribution in [0.5, 0.6) is 0 Å². The average Bonchev–Trinajstić information content (AvgIpc) is 2.56. The standard InChI is InChI=1S/C21H37N3/c1-6-7-8-9-13-16-21(24(5)18-23(3)4)19(2)22-17-20-14-11-10-12-15-20/h10-12,14-15,21H,6-9,13,16-18H2,1-5H3. The third-order valence-corrected chi connectivity index (χ3v) is 4.46. The Morgan fingerprint density at radius 2 is 1.67 bits per heavy atom. The van der Waals surface area contributed by atoms with Gasteiger partial charge in [0.2, 0.25) is 0 Å². The van der Waals surface area contributed by atoms with Gasteiger partial charge in [-0.25, -0.2) is 0 Å². The van der Waals surface area contributed by atoms with E-state index in [1.807, 2.05) is 0 Å². The molecule has 3 nitrogen and oxygen atoms in total. The average molecular weight is 332 g/mol. The van der Waals surface area contributed by atoms with Crippen LogP contribution in [0.2, 0.25) is 0 Å². The van der Waals surface area contributed by atoms with Gasteiger partial charge in [-0.3, -0.25) is 14.8 Å². The van der Waals surface area contributed by atoms with Gasteiger partial charge in [0.1, 0.15) is 0 Å². The van der Waals surface area contributed by atoms with Crippen molar-refractivity contribution < 1.29 is 0 Å². The molecule has 0 saturated carbocycles. The van der Waals surface area contributed by atoms with Gasteiger partial charge in [0, 0.05) is 11.8 Å². The van der Waals surface area contributed by atoms with E-state index >= 15 is 0 Å². The quantitative estimate of drug-likeness (QED) is 0.310. The molecule has 24 heavy (non-hydrogen) atoms. The molecule has 0 amide bonds. The van der Waals surface area contributed by atoms with Crippen LogP contribution in [-0.4, -0.2) is 49.4 Å². The second-order valence-corrected chi connectivity index (χ2v) is 7.14. The van der Waals surface area contributed by atoms with E-state index in [1.54, 1.807) is 0 Å². The van der Waals surface area contributed by atoms with E-state index in [-0.39, 0.29) is 0 Å². The third-order valence-electron chi connectivity index (χ3n) is 4.46. The van der Waals surface area contributed by atoms with Crippen molar-refractivity contribution in [3.8, 4) is 0 Å². The molecular weight excluding hydrogens is 294 g/mol. The molecule has 0 saturated heterocycles. The Morgan fingerprint density at radius 3 is 2.29 bits per heavy atom. The lowest BCUT2D eigenvalue weighted by atomic mass is 10.0. The second kappa shape index (κ2) is 12.2. The first kappa shape index (κ1) is 20.9. The lowest BCUT2D eigenvalue weighted by Gasteiger charge is -2.30. The fraction of sp³-hybridized carbons (Fsp3) is 0.667. The zero-order valence-electron chi connectivity index (χ0n) is 16.5. The van der Waals surface area contributed by atoms with E-state index in [2.05, 4.69) is 75.1 Å². The van der Waals surface area contributed by atoms with Gasteiger partial charge < -0.3 is 0 Å². The highest BCUT2D eigenvalue weighted by molar-refractivity contribution is 5.87. The van der Waals surface area contributed by atoms with Gasteiger partial charge in [-0.1, -0.05) is 69.4 Å². The predicted octanol–water partition coefficient (Wildman–Crippen LogP) is 4.83. The summed E-state index contributed by atoms with van der Waals surface area (Å²) >= 11 is 0. The van der Waals surface area contributed by atoms with Crippen LogP contribution >= 0.6 is 0 Å². The van der Waals surface area contributed by atoms with Crippen LogP contribution in [0.3, 0.4) is 0 Å². The molecule has 1 atom stereocenters. The van der Waals surface area contributed by atoms with Crippen LogP contribution in [0.4, 0.5) is 0 Å². The number of nitrogens with zero attached hydrogens (tertiary/aromatic N) is 3. The summed E-state index contributed by atoms with van der Waals surface area (Å²) in [5.74, 6) is 0. The van der Waals surface area contributed by atoms with Crippen molar-refractivity contribution in [3.63, 3.8) is 0 Å². The van der Waals surface area contributed by atoms with E-state index < -0.39 is 0 Å². The van der Waals surface area contributed by atoms with Gasteiger partial charge in [-0.15, -0.1) is 0 Å². The first-order valence-corrected chi connectivity index (χ1v) is 9.44. The molecule has 0 heterocycles. The van der Waals surface area contributed by atoms with Gasteiger partial charge in [0.25, 0.3) is 0 Å². The molecule has 0 radical (unpaired) electrons. The molecule has 0 aromatic heterocycles. The predicted molar refractivity (Wildman–Crippen MR) is 107 cm³/mol. The lowest BCUT2D eigenvalue weighted by molar-refractivity contribution is 0.181. The Bertz CT molecular complexity index is 453. The molecule has 0 aliphatic heterocycles. The summed E-state index contributed by atoms with van der Waals surface area (Å²) in [5, 5.41) is 0. The van der Waals surface area contributed by atoms with Gasteiger partial charge in [-0.05, 0) is 40.1 Å². The molecule has 1 rings (SSSR count). The lowest BCUT2D eigenvalue weighted by Crippen LogP contribution is -2.42. The molecule has 0 bridgehead atoms. The van der Waals surface area contributed by atoms with E-state index in [1.165, 1.54) is 49.8 Å². The van der Waals surface area contributed by atoms with Crippen molar-refractivity contribution in [2.45, 2.75) is 65.0 Å². The summed E-state index contributed by atoms with van der Waals surface area (Å²) in [5.41, 5.74) is 2.55. The maximum atomic E-state index is 4.89. The van der Waals surface area contributed by atoms with Crippen molar-refractivity contribution in [1.82, 2.24) is 9.80 Å². The summed E-state index contributed by atoms with van der Waals surface area (Å²) in [7, 11) is 6.48. The van der Waals surface area contributed by atoms with Crippen molar-refractivity contribution >= 4 is 5.71 Å². The van der Waals surface area contributed by atoms with Crippen molar-refractivity contribution in [2.24, 2.45) is 4.99 Å². The minimum absolute atomic E-state index is 0.442. The molecule has 0 aliphatic carbocycles. The fourth-order valence-corrected chi connectivity index (χ4v) is 3.14. The third kappa shape index (κ3) is 8.60. The van der Waals surface area contributed by atoms with Crippen molar-refractivity contribution in [3.05, 3.63) is 35.9 Å². The topological polar surface area (TPSA) is 18.8 Å². The normalized spacial score (nSPS) is 13.7. The Labute approximate surface area is 149 Å². The van der Waals surface area contributed by atoms with Crippen molar-refractivity contribution in [1.29, 1.82) is 0 Å². The Hall–Kier alpha value is -1.19. The molecule has 0 fully saturated rings. The van der Waals surface area contributed by atoms with Crippen LogP contribution < -0.4 is 0 Å². The number of aliphatic imine (C=N–C) groups is 1. The van der Waals surface area contributed by atoms with Crippen LogP contribution in [0.15, 0.2) is 35.3 Å². The number of rotatable bonds is 12. The summed E-state index contributed by atoms with van der Waals surface area (Å²) < 4.78 is 0. The number of benzene rings is 1. The highest BCUT2D eigenvalue weighted by atomic mass is 15.3. The van der Waals surface area contributed by atoms with E-state index in [0.29, 0.717) is 6.04 Å². The van der Waals surface area contributed by atoms with E-state index in [4.69, 9.17) is 4.99 Å². The monoisotopic (exact) mass is 331 g/mol. The summed E-state index contributed by atoms with van der Waals surface area (Å²) in [4.78, 5) is 9.56. The summed E-state index contributed by atoms with van der Waals surface area (Å²) in [6.45, 7) is 6.23.